The van der Waals surface area contributed by atoms with Gasteiger partial charge < -0.3 is 4.42 Å². The number of rotatable bonds is 2. The highest BCUT2D eigenvalue weighted by molar-refractivity contribution is 6.19. The lowest BCUT2D eigenvalue weighted by Crippen LogP contribution is -2.01. The predicted octanol–water partition coefficient (Wildman–Crippen LogP) is 8.82. The topological polar surface area (TPSA) is 56.2 Å². The van der Waals surface area contributed by atoms with Gasteiger partial charge in [0.2, 0.25) is 0 Å². The molecule has 4 aromatic heterocycles. The minimum absolute atomic E-state index is 0.682. The third-order valence-corrected chi connectivity index (χ3v) is 7.78. The summed E-state index contributed by atoms with van der Waals surface area (Å²) < 4.78 is 8.53. The molecule has 40 heavy (non-hydrogen) atoms. The van der Waals surface area contributed by atoms with E-state index >= 15 is 0 Å². The molecule has 0 unspecified atom stereocenters. The molecule has 0 saturated carbocycles. The molecule has 0 aliphatic rings. The van der Waals surface area contributed by atoms with Crippen molar-refractivity contribution >= 4 is 60.4 Å². The summed E-state index contributed by atoms with van der Waals surface area (Å²) in [7, 11) is 0. The molecule has 5 aromatic carbocycles. The number of fused-ring (bicyclic) bond motifs is 11. The molecule has 186 valence electrons. The molecule has 0 bridgehead atoms. The average molecular weight is 513 g/mol. The van der Waals surface area contributed by atoms with Crippen molar-refractivity contribution in [3.8, 4) is 22.6 Å². The molecule has 0 aliphatic carbocycles. The Hall–Kier alpha value is -5.55. The molecular formula is C35H20N4O. The molecule has 9 rings (SSSR count). The molecule has 4 heterocycles. The molecule has 9 aromatic rings. The van der Waals surface area contributed by atoms with E-state index in [0.717, 1.165) is 77.2 Å². The van der Waals surface area contributed by atoms with Crippen molar-refractivity contribution in [3.63, 3.8) is 0 Å². The molecular weight excluding hydrogens is 492 g/mol. The molecule has 5 nitrogen and oxygen atoms in total. The molecule has 0 aliphatic heterocycles. The van der Waals surface area contributed by atoms with Crippen LogP contribution in [0.3, 0.4) is 0 Å². The van der Waals surface area contributed by atoms with E-state index in [1.54, 1.807) is 0 Å². The zero-order valence-electron chi connectivity index (χ0n) is 21.2. The average Bonchev–Trinajstić information content (AvgIpc) is 3.60. The van der Waals surface area contributed by atoms with Crippen LogP contribution >= 0.6 is 0 Å². The van der Waals surface area contributed by atoms with Crippen LogP contribution in [0, 0.1) is 0 Å². The van der Waals surface area contributed by atoms with E-state index < -0.39 is 0 Å². The van der Waals surface area contributed by atoms with Gasteiger partial charge in [-0.3, -0.25) is 4.40 Å². The Balaban J connectivity index is 1.57. The van der Waals surface area contributed by atoms with Crippen LogP contribution in [0.1, 0.15) is 0 Å². The Labute approximate surface area is 228 Å². The summed E-state index contributed by atoms with van der Waals surface area (Å²) in [6.45, 7) is 0. The Kier molecular flexibility index (Phi) is 4.27. The van der Waals surface area contributed by atoms with Crippen LogP contribution < -0.4 is 0 Å². The largest absolute Gasteiger partial charge is 0.456 e. The van der Waals surface area contributed by atoms with Crippen LogP contribution in [-0.2, 0) is 0 Å². The minimum atomic E-state index is 0.682. The maximum absolute atomic E-state index is 6.29. The van der Waals surface area contributed by atoms with Crippen LogP contribution in [0.5, 0.6) is 0 Å². The lowest BCUT2D eigenvalue weighted by molar-refractivity contribution is 0.669. The first-order valence-corrected chi connectivity index (χ1v) is 13.3. The summed E-state index contributed by atoms with van der Waals surface area (Å²) in [6.07, 6.45) is 0. The van der Waals surface area contributed by atoms with Gasteiger partial charge >= 0.3 is 0 Å². The lowest BCUT2D eigenvalue weighted by atomic mass is 10.0. The van der Waals surface area contributed by atoms with E-state index in [-0.39, 0.29) is 0 Å². The van der Waals surface area contributed by atoms with Crippen LogP contribution in [0.15, 0.2) is 126 Å². The van der Waals surface area contributed by atoms with E-state index in [1.165, 1.54) is 0 Å². The molecule has 0 spiro atoms. The van der Waals surface area contributed by atoms with Gasteiger partial charge in [-0.2, -0.15) is 0 Å². The lowest BCUT2D eigenvalue weighted by Gasteiger charge is -2.15. The van der Waals surface area contributed by atoms with Gasteiger partial charge in [-0.15, -0.1) is 0 Å². The van der Waals surface area contributed by atoms with E-state index in [0.29, 0.717) is 5.82 Å². The van der Waals surface area contributed by atoms with Crippen molar-refractivity contribution in [1.29, 1.82) is 0 Å². The molecule has 0 fully saturated rings. The Morgan fingerprint density at radius 1 is 0.550 bits per heavy atom. The summed E-state index contributed by atoms with van der Waals surface area (Å²) in [4.78, 5) is 15.7. The fourth-order valence-electron chi connectivity index (χ4n) is 6.05. The Bertz CT molecular complexity index is 2440. The summed E-state index contributed by atoms with van der Waals surface area (Å²) in [5.41, 5.74) is 9.18. The monoisotopic (exact) mass is 512 g/mol. The van der Waals surface area contributed by atoms with Crippen LogP contribution in [0.4, 0.5) is 0 Å². The number of benzene rings is 5. The Morgan fingerprint density at radius 3 is 2.17 bits per heavy atom. The third-order valence-electron chi connectivity index (χ3n) is 7.78. The van der Waals surface area contributed by atoms with Gasteiger partial charge in [0.15, 0.2) is 5.82 Å². The second kappa shape index (κ2) is 7.98. The molecule has 0 saturated heterocycles. The first-order chi connectivity index (χ1) is 19.8. The van der Waals surface area contributed by atoms with Crippen molar-refractivity contribution in [2.45, 2.75) is 0 Å². The number of pyridine rings is 1. The van der Waals surface area contributed by atoms with Gasteiger partial charge in [0.1, 0.15) is 22.3 Å². The number of furan rings is 1. The molecule has 0 amide bonds. The normalized spacial score (nSPS) is 12.0. The standard InChI is InChI=1S/C35H20N4O/c1-2-11-21(12-3-1)34-37-31-22-13-4-5-14-23(22)35-36-26-17-7-8-18-27(26)39(35)33(31)32(38-34)25-16-10-20-29-30(25)24-15-6-9-19-28(24)40-29/h1-20H. The van der Waals surface area contributed by atoms with Crippen molar-refractivity contribution in [1.82, 2.24) is 19.4 Å². The fraction of sp³-hybridized carbons (Fsp3) is 0. The SMILES string of the molecule is c1ccc(-c2nc(-c3cccc4oc5ccccc5c34)c3c(n2)c2ccccc2c2nc4ccccc4n23)cc1. The highest BCUT2D eigenvalue weighted by Gasteiger charge is 2.23. The molecule has 0 atom stereocenters. The Morgan fingerprint density at radius 2 is 1.27 bits per heavy atom. The molecule has 0 radical (unpaired) electrons. The van der Waals surface area contributed by atoms with Crippen molar-refractivity contribution in [3.05, 3.63) is 121 Å². The minimum Gasteiger partial charge on any atom is -0.456 e. The van der Waals surface area contributed by atoms with E-state index in [4.69, 9.17) is 19.4 Å². The van der Waals surface area contributed by atoms with Crippen LogP contribution in [0.25, 0.3) is 83.1 Å². The molecule has 5 heteroatoms. The quantitative estimate of drug-likeness (QED) is 0.217. The first-order valence-electron chi connectivity index (χ1n) is 13.3. The summed E-state index contributed by atoms with van der Waals surface area (Å²) >= 11 is 0. The van der Waals surface area contributed by atoms with Gasteiger partial charge in [0, 0.05) is 32.7 Å². The zero-order chi connectivity index (χ0) is 26.2. The van der Waals surface area contributed by atoms with Crippen molar-refractivity contribution in [2.24, 2.45) is 0 Å². The number of para-hydroxylation sites is 3. The van der Waals surface area contributed by atoms with E-state index in [9.17, 15) is 0 Å². The summed E-state index contributed by atoms with van der Waals surface area (Å²) in [5.74, 6) is 0.682. The van der Waals surface area contributed by atoms with Crippen LogP contribution in [0.2, 0.25) is 0 Å². The first kappa shape index (κ1) is 21.4. The number of nitrogens with zero attached hydrogens (tertiary/aromatic N) is 4. The van der Waals surface area contributed by atoms with Crippen molar-refractivity contribution < 1.29 is 4.42 Å². The number of aromatic nitrogens is 4. The summed E-state index contributed by atoms with van der Waals surface area (Å²) in [5, 5.41) is 4.21. The summed E-state index contributed by atoms with van der Waals surface area (Å²) in [6, 6.07) is 41.2. The maximum atomic E-state index is 6.29. The van der Waals surface area contributed by atoms with E-state index in [1.807, 2.05) is 48.5 Å². The number of imidazole rings is 1. The van der Waals surface area contributed by atoms with E-state index in [2.05, 4.69) is 77.2 Å². The second-order valence-corrected chi connectivity index (χ2v) is 10.0. The van der Waals surface area contributed by atoms with Gasteiger partial charge in [0.25, 0.3) is 0 Å². The van der Waals surface area contributed by atoms with Gasteiger partial charge in [-0.25, -0.2) is 15.0 Å². The molecule has 0 N–H and O–H groups in total. The second-order valence-electron chi connectivity index (χ2n) is 10.0. The van der Waals surface area contributed by atoms with Gasteiger partial charge in [-0.1, -0.05) is 97.1 Å². The highest BCUT2D eigenvalue weighted by Crippen LogP contribution is 2.41. The van der Waals surface area contributed by atoms with Crippen LogP contribution in [-0.4, -0.2) is 19.4 Å². The fourth-order valence-corrected chi connectivity index (χ4v) is 6.05. The van der Waals surface area contributed by atoms with Crippen molar-refractivity contribution in [2.75, 3.05) is 0 Å². The zero-order valence-corrected chi connectivity index (χ0v) is 21.2. The number of hydrogen-bond donors (Lipinski definition) is 0. The predicted molar refractivity (Wildman–Crippen MR) is 161 cm³/mol. The highest BCUT2D eigenvalue weighted by atomic mass is 16.3. The number of hydrogen-bond acceptors (Lipinski definition) is 4. The maximum Gasteiger partial charge on any atom is 0.160 e. The van der Waals surface area contributed by atoms with Gasteiger partial charge in [0.05, 0.1) is 22.2 Å². The van der Waals surface area contributed by atoms with Gasteiger partial charge in [-0.05, 0) is 24.3 Å². The third kappa shape index (κ3) is 2.89. The smallest absolute Gasteiger partial charge is 0.160 e.